The second-order valence-electron chi connectivity index (χ2n) is 9.59. The second-order valence-corrected chi connectivity index (χ2v) is 11.5. The van der Waals surface area contributed by atoms with E-state index in [1.807, 2.05) is 44.2 Å². The summed E-state index contributed by atoms with van der Waals surface area (Å²) in [6.45, 7) is 4.15. The first kappa shape index (κ1) is 28.1. The predicted octanol–water partition coefficient (Wildman–Crippen LogP) is 4.81. The van der Waals surface area contributed by atoms with Crippen molar-refractivity contribution < 1.29 is 22.7 Å². The zero-order valence-electron chi connectivity index (χ0n) is 21.9. The highest BCUT2D eigenvalue weighted by Crippen LogP contribution is 2.33. The third kappa shape index (κ3) is 6.07. The number of hydrogen-bond donors (Lipinski definition) is 1. The Morgan fingerprint density at radius 2 is 1.72 bits per heavy atom. The molecule has 1 atom stereocenters. The molecule has 0 amide bonds. The molecule has 0 saturated carbocycles. The maximum Gasteiger partial charge on any atom is 0.296 e. The van der Waals surface area contributed by atoms with Crippen molar-refractivity contribution in [2.75, 3.05) is 13.7 Å². The SMILES string of the molecule is COCC(c1ccccc1)n1c(CCC(C)C)nc(=O)c(S(=O)(=O)c2ccc(-c3cncc(F)c3)cc2)c1O. The Kier molecular flexibility index (Phi) is 8.57. The molecule has 39 heavy (non-hydrogen) atoms. The number of ether oxygens (including phenoxy) is 1. The number of aryl methyl sites for hydroxylation is 1. The first-order valence-corrected chi connectivity index (χ1v) is 14.0. The summed E-state index contributed by atoms with van der Waals surface area (Å²) in [5, 5.41) is 11.5. The van der Waals surface area contributed by atoms with Crippen molar-refractivity contribution in [3.05, 3.63) is 101 Å². The Hall–Kier alpha value is -3.89. The maximum absolute atomic E-state index is 13.7. The van der Waals surface area contributed by atoms with E-state index in [4.69, 9.17) is 4.74 Å². The number of hydrogen-bond acceptors (Lipinski definition) is 7. The van der Waals surface area contributed by atoms with Crippen LogP contribution in [0, 0.1) is 11.7 Å². The van der Waals surface area contributed by atoms with E-state index in [2.05, 4.69) is 9.97 Å². The molecule has 0 spiro atoms. The number of nitrogens with zero attached hydrogens (tertiary/aromatic N) is 3. The monoisotopic (exact) mass is 551 g/mol. The summed E-state index contributed by atoms with van der Waals surface area (Å²) in [6, 6.07) is 15.4. The molecular weight excluding hydrogens is 521 g/mol. The van der Waals surface area contributed by atoms with Crippen molar-refractivity contribution >= 4 is 9.84 Å². The minimum Gasteiger partial charge on any atom is -0.493 e. The average molecular weight is 552 g/mol. The van der Waals surface area contributed by atoms with Crippen LogP contribution in [0.4, 0.5) is 4.39 Å². The first-order chi connectivity index (χ1) is 18.6. The van der Waals surface area contributed by atoms with E-state index in [0.29, 0.717) is 24.0 Å². The average Bonchev–Trinajstić information content (AvgIpc) is 2.91. The first-order valence-electron chi connectivity index (χ1n) is 12.5. The van der Waals surface area contributed by atoms with Gasteiger partial charge in [0.25, 0.3) is 5.56 Å². The van der Waals surface area contributed by atoms with Gasteiger partial charge in [-0.05, 0) is 41.7 Å². The molecule has 1 N–H and O–H groups in total. The molecule has 4 aromatic rings. The van der Waals surface area contributed by atoms with Gasteiger partial charge in [0.1, 0.15) is 11.6 Å². The quantitative estimate of drug-likeness (QED) is 0.301. The predicted molar refractivity (Wildman–Crippen MR) is 145 cm³/mol. The standard InChI is InChI=1S/C29H30FN3O5S/c1-19(2)9-14-26-32-28(34)27(29(35)33(26)25(18-38-3)21-7-5-4-6-8-21)39(36,37)24-12-10-20(11-13-24)22-15-23(30)17-31-16-22/h4-8,10-13,15-17,19,25,35H,9,14,18H2,1-3H3. The van der Waals surface area contributed by atoms with E-state index in [1.165, 1.54) is 48.2 Å². The van der Waals surface area contributed by atoms with Crippen molar-refractivity contribution in [2.45, 2.75) is 42.5 Å². The Balaban J connectivity index is 1.87. The number of aromatic nitrogens is 3. The van der Waals surface area contributed by atoms with E-state index < -0.39 is 38.0 Å². The molecule has 10 heteroatoms. The summed E-state index contributed by atoms with van der Waals surface area (Å²) in [5.41, 5.74) is 0.715. The fourth-order valence-electron chi connectivity index (χ4n) is 4.37. The van der Waals surface area contributed by atoms with Gasteiger partial charge in [0.2, 0.25) is 15.7 Å². The van der Waals surface area contributed by atoms with Gasteiger partial charge in [-0.2, -0.15) is 4.98 Å². The number of benzene rings is 2. The maximum atomic E-state index is 13.7. The van der Waals surface area contributed by atoms with Gasteiger partial charge in [-0.15, -0.1) is 0 Å². The lowest BCUT2D eigenvalue weighted by molar-refractivity contribution is 0.161. The van der Waals surface area contributed by atoms with Gasteiger partial charge in [-0.3, -0.25) is 14.3 Å². The van der Waals surface area contributed by atoms with Crippen molar-refractivity contribution in [3.63, 3.8) is 0 Å². The molecule has 2 aromatic carbocycles. The molecule has 0 aliphatic rings. The van der Waals surface area contributed by atoms with Crippen LogP contribution in [0.5, 0.6) is 5.88 Å². The molecular formula is C29H30FN3O5S. The van der Waals surface area contributed by atoms with E-state index >= 15 is 0 Å². The normalized spacial score (nSPS) is 12.5. The van der Waals surface area contributed by atoms with Gasteiger partial charge in [0.05, 0.1) is 23.7 Å². The molecule has 0 aliphatic heterocycles. The van der Waals surface area contributed by atoms with Crippen LogP contribution in [0.15, 0.2) is 87.6 Å². The van der Waals surface area contributed by atoms with E-state index in [1.54, 1.807) is 0 Å². The lowest BCUT2D eigenvalue weighted by atomic mass is 10.0. The summed E-state index contributed by atoms with van der Waals surface area (Å²) in [6.07, 6.45) is 3.55. The molecule has 2 heterocycles. The smallest absolute Gasteiger partial charge is 0.296 e. The number of rotatable bonds is 10. The topological polar surface area (TPSA) is 111 Å². The van der Waals surface area contributed by atoms with Crippen molar-refractivity contribution in [1.82, 2.24) is 14.5 Å². The molecule has 1 unspecified atom stereocenters. The number of halogens is 1. The Labute approximate surface area is 226 Å². The van der Waals surface area contributed by atoms with E-state index in [9.17, 15) is 22.7 Å². The van der Waals surface area contributed by atoms with Crippen LogP contribution in [0.3, 0.4) is 0 Å². The molecule has 0 bridgehead atoms. The van der Waals surface area contributed by atoms with Crippen LogP contribution in [-0.2, 0) is 21.0 Å². The fourth-order valence-corrected chi connectivity index (χ4v) is 5.72. The molecule has 204 valence electrons. The highest BCUT2D eigenvalue weighted by Gasteiger charge is 2.32. The number of methoxy groups -OCH3 is 1. The van der Waals surface area contributed by atoms with Crippen LogP contribution in [0.25, 0.3) is 11.1 Å². The summed E-state index contributed by atoms with van der Waals surface area (Å²) in [5.74, 6) is -0.671. The van der Waals surface area contributed by atoms with Crippen molar-refractivity contribution in [1.29, 1.82) is 0 Å². The van der Waals surface area contributed by atoms with Crippen LogP contribution < -0.4 is 5.56 Å². The van der Waals surface area contributed by atoms with Crippen molar-refractivity contribution in [2.24, 2.45) is 5.92 Å². The summed E-state index contributed by atoms with van der Waals surface area (Å²) in [7, 11) is -2.98. The van der Waals surface area contributed by atoms with Gasteiger partial charge in [-0.25, -0.2) is 12.8 Å². The minimum atomic E-state index is -4.48. The zero-order valence-corrected chi connectivity index (χ0v) is 22.7. The minimum absolute atomic E-state index is 0.104. The number of pyridine rings is 1. The number of sulfone groups is 1. The van der Waals surface area contributed by atoms with Crippen LogP contribution in [0.1, 0.15) is 37.7 Å². The summed E-state index contributed by atoms with van der Waals surface area (Å²) in [4.78, 5) is 20.1. The lowest BCUT2D eigenvalue weighted by Gasteiger charge is -2.26. The highest BCUT2D eigenvalue weighted by atomic mass is 32.2. The zero-order chi connectivity index (χ0) is 28.2. The summed E-state index contributed by atoms with van der Waals surface area (Å²) < 4.78 is 47.8. The van der Waals surface area contributed by atoms with Gasteiger partial charge in [0, 0.05) is 25.3 Å². The van der Waals surface area contributed by atoms with Crippen LogP contribution in [0.2, 0.25) is 0 Å². The van der Waals surface area contributed by atoms with Crippen LogP contribution >= 0.6 is 0 Å². The third-order valence-corrected chi connectivity index (χ3v) is 8.16. The van der Waals surface area contributed by atoms with Gasteiger partial charge >= 0.3 is 0 Å². The molecule has 0 saturated heterocycles. The molecule has 0 aliphatic carbocycles. The molecule has 0 radical (unpaired) electrons. The van der Waals surface area contributed by atoms with E-state index in [-0.39, 0.29) is 23.2 Å². The Morgan fingerprint density at radius 1 is 1.03 bits per heavy atom. The molecule has 2 aromatic heterocycles. The van der Waals surface area contributed by atoms with Gasteiger partial charge in [-0.1, -0.05) is 56.3 Å². The van der Waals surface area contributed by atoms with E-state index in [0.717, 1.165) is 11.8 Å². The second kappa shape index (κ2) is 11.9. The van der Waals surface area contributed by atoms with Gasteiger partial charge in [0.15, 0.2) is 4.90 Å². The lowest BCUT2D eigenvalue weighted by Crippen LogP contribution is -2.29. The molecule has 0 fully saturated rings. The molecule has 4 rings (SSSR count). The fraction of sp³-hybridized carbons (Fsp3) is 0.276. The largest absolute Gasteiger partial charge is 0.493 e. The van der Waals surface area contributed by atoms with Crippen molar-refractivity contribution in [3.8, 4) is 17.0 Å². The van der Waals surface area contributed by atoms with Gasteiger partial charge < -0.3 is 9.84 Å². The third-order valence-electron chi connectivity index (χ3n) is 6.37. The summed E-state index contributed by atoms with van der Waals surface area (Å²) >= 11 is 0. The number of aromatic hydroxyl groups is 1. The van der Waals surface area contributed by atoms with Crippen LogP contribution in [-0.4, -0.2) is 41.8 Å². The Bertz CT molecular complexity index is 1600. The highest BCUT2D eigenvalue weighted by molar-refractivity contribution is 7.91. The Morgan fingerprint density at radius 3 is 2.33 bits per heavy atom. The molecule has 8 nitrogen and oxygen atoms in total.